The minimum atomic E-state index is -0.428. The maximum Gasteiger partial charge on any atom is 0.196 e. The summed E-state index contributed by atoms with van der Waals surface area (Å²) in [5, 5.41) is 0.396. The van der Waals surface area contributed by atoms with Crippen LogP contribution < -0.4 is 5.43 Å². The summed E-state index contributed by atoms with van der Waals surface area (Å²) in [6.07, 6.45) is 0.434. The smallest absolute Gasteiger partial charge is 0.196 e. The first-order valence-corrected chi connectivity index (χ1v) is 12.9. The van der Waals surface area contributed by atoms with E-state index in [1.165, 1.54) is 23.8 Å². The van der Waals surface area contributed by atoms with Gasteiger partial charge in [0.15, 0.2) is 5.43 Å². The summed E-state index contributed by atoms with van der Waals surface area (Å²) in [5.74, 6) is 1.13. The average Bonchev–Trinajstić information content (AvgIpc) is 3.17. The molecule has 5 heteroatoms. The van der Waals surface area contributed by atoms with Crippen molar-refractivity contribution in [3.8, 4) is 0 Å². The van der Waals surface area contributed by atoms with E-state index in [0.29, 0.717) is 29.7 Å². The zero-order valence-electron chi connectivity index (χ0n) is 22.1. The molecule has 0 fully saturated rings. The van der Waals surface area contributed by atoms with Gasteiger partial charge in [0.05, 0.1) is 17.0 Å². The third-order valence-electron chi connectivity index (χ3n) is 6.99. The van der Waals surface area contributed by atoms with Crippen LogP contribution in [0.15, 0.2) is 87.0 Å². The van der Waals surface area contributed by atoms with Gasteiger partial charge in [-0.1, -0.05) is 74.0 Å². The molecule has 0 bridgehead atoms. The van der Waals surface area contributed by atoms with E-state index in [0.717, 1.165) is 17.0 Å². The van der Waals surface area contributed by atoms with Crippen molar-refractivity contribution < 1.29 is 8.81 Å². The molecule has 0 amide bonds. The standard InChI is InChI=1S/C32H33FN2O2/c1-20(2)28(35-19-32(4,5)34-31(35)23-13-11-21(3)12-14-23)30-26(17-22-9-7-6-8-10-22)29(36)25-16-15-24(33)18-27(25)37-30/h6-16,18,20,28H,17,19H2,1-5H3/t28-/m1/s1. The molecule has 0 saturated heterocycles. The maximum absolute atomic E-state index is 14.2. The number of aryl methyl sites for hydroxylation is 1. The molecule has 0 saturated carbocycles. The van der Waals surface area contributed by atoms with Gasteiger partial charge >= 0.3 is 0 Å². The molecule has 0 unspecified atom stereocenters. The summed E-state index contributed by atoms with van der Waals surface area (Å²) in [5.41, 5.74) is 3.69. The summed E-state index contributed by atoms with van der Waals surface area (Å²) >= 11 is 0. The van der Waals surface area contributed by atoms with Crippen LogP contribution in [0.3, 0.4) is 0 Å². The summed E-state index contributed by atoms with van der Waals surface area (Å²) in [6, 6.07) is 22.2. The second-order valence-electron chi connectivity index (χ2n) is 11.0. The van der Waals surface area contributed by atoms with Gasteiger partial charge in [-0.2, -0.15) is 0 Å². The normalized spacial score (nSPS) is 15.9. The molecule has 1 aliphatic heterocycles. The fourth-order valence-electron chi connectivity index (χ4n) is 5.27. The summed E-state index contributed by atoms with van der Waals surface area (Å²) in [4.78, 5) is 21.3. The average molecular weight is 497 g/mol. The van der Waals surface area contributed by atoms with Gasteiger partial charge in [0.25, 0.3) is 0 Å². The second-order valence-corrected chi connectivity index (χ2v) is 11.0. The molecule has 4 nitrogen and oxygen atoms in total. The third kappa shape index (κ3) is 4.95. The molecule has 0 aliphatic carbocycles. The molecule has 4 aromatic rings. The Morgan fingerprint density at radius 1 is 1.03 bits per heavy atom. The zero-order chi connectivity index (χ0) is 26.3. The Balaban J connectivity index is 1.72. The van der Waals surface area contributed by atoms with Gasteiger partial charge in [-0.15, -0.1) is 0 Å². The number of benzene rings is 3. The van der Waals surface area contributed by atoms with E-state index in [1.807, 2.05) is 30.3 Å². The highest BCUT2D eigenvalue weighted by molar-refractivity contribution is 6.00. The first-order chi connectivity index (χ1) is 17.6. The van der Waals surface area contributed by atoms with Gasteiger partial charge < -0.3 is 9.32 Å². The third-order valence-corrected chi connectivity index (χ3v) is 6.99. The van der Waals surface area contributed by atoms with Crippen molar-refractivity contribution in [2.45, 2.75) is 52.6 Å². The van der Waals surface area contributed by atoms with Gasteiger partial charge in [0, 0.05) is 30.2 Å². The number of halogens is 1. The largest absolute Gasteiger partial charge is 0.458 e. The van der Waals surface area contributed by atoms with Crippen molar-refractivity contribution in [2.75, 3.05) is 6.54 Å². The number of aliphatic imine (C=N–C) groups is 1. The van der Waals surface area contributed by atoms with E-state index >= 15 is 0 Å². The van der Waals surface area contributed by atoms with E-state index in [1.54, 1.807) is 0 Å². The van der Waals surface area contributed by atoms with Crippen molar-refractivity contribution in [1.29, 1.82) is 0 Å². The topological polar surface area (TPSA) is 45.8 Å². The maximum atomic E-state index is 14.2. The summed E-state index contributed by atoms with van der Waals surface area (Å²) in [6.45, 7) is 11.2. The van der Waals surface area contributed by atoms with Crippen LogP contribution in [0.4, 0.5) is 4.39 Å². The van der Waals surface area contributed by atoms with Crippen molar-refractivity contribution in [1.82, 2.24) is 4.90 Å². The SMILES string of the molecule is Cc1ccc(C2=NC(C)(C)CN2[C@@H](c2oc3cc(F)ccc3c(=O)c2Cc2ccccc2)C(C)C)cc1. The van der Waals surface area contributed by atoms with Crippen LogP contribution in [-0.4, -0.2) is 22.8 Å². The monoisotopic (exact) mass is 496 g/mol. The molecule has 0 N–H and O–H groups in total. The molecule has 2 heterocycles. The van der Waals surface area contributed by atoms with Gasteiger partial charge in [-0.05, 0) is 44.4 Å². The molecule has 0 radical (unpaired) electrons. The van der Waals surface area contributed by atoms with Gasteiger partial charge in [0.1, 0.15) is 23.0 Å². The number of amidine groups is 1. The van der Waals surface area contributed by atoms with Gasteiger partial charge in [-0.3, -0.25) is 9.79 Å². The molecule has 190 valence electrons. The Bertz CT molecular complexity index is 1520. The predicted molar refractivity (Wildman–Crippen MR) is 148 cm³/mol. The van der Waals surface area contributed by atoms with E-state index in [9.17, 15) is 9.18 Å². The molecule has 3 aromatic carbocycles. The fraction of sp³-hybridized carbons (Fsp3) is 0.312. The number of hydrogen-bond acceptors (Lipinski definition) is 4. The Labute approximate surface area is 217 Å². The lowest BCUT2D eigenvalue weighted by Gasteiger charge is -2.35. The van der Waals surface area contributed by atoms with Crippen molar-refractivity contribution >= 4 is 16.8 Å². The lowest BCUT2D eigenvalue weighted by atomic mass is 9.91. The first kappa shape index (κ1) is 24.9. The Kier molecular flexibility index (Phi) is 6.49. The van der Waals surface area contributed by atoms with E-state index in [4.69, 9.17) is 9.41 Å². The number of nitrogens with zero attached hydrogens (tertiary/aromatic N) is 2. The molecule has 0 spiro atoms. The lowest BCUT2D eigenvalue weighted by molar-refractivity contribution is 0.210. The number of rotatable bonds is 6. The van der Waals surface area contributed by atoms with Gasteiger partial charge in [0.2, 0.25) is 0 Å². The quantitative estimate of drug-likeness (QED) is 0.287. The van der Waals surface area contributed by atoms with Crippen molar-refractivity contribution in [3.05, 3.63) is 117 Å². The predicted octanol–water partition coefficient (Wildman–Crippen LogP) is 7.07. The molecule has 1 aliphatic rings. The Morgan fingerprint density at radius 3 is 2.41 bits per heavy atom. The summed E-state index contributed by atoms with van der Waals surface area (Å²) < 4.78 is 20.7. The van der Waals surface area contributed by atoms with Crippen molar-refractivity contribution in [3.63, 3.8) is 0 Å². The molecular weight excluding hydrogens is 463 g/mol. The fourth-order valence-corrected chi connectivity index (χ4v) is 5.27. The highest BCUT2D eigenvalue weighted by Gasteiger charge is 2.40. The Morgan fingerprint density at radius 2 is 1.73 bits per heavy atom. The molecule has 1 aromatic heterocycles. The van der Waals surface area contributed by atoms with Crippen LogP contribution in [0.25, 0.3) is 11.0 Å². The van der Waals surface area contributed by atoms with Crippen LogP contribution in [-0.2, 0) is 6.42 Å². The molecular formula is C32H33FN2O2. The minimum Gasteiger partial charge on any atom is -0.458 e. The van der Waals surface area contributed by atoms with Crippen LogP contribution >= 0.6 is 0 Å². The van der Waals surface area contributed by atoms with E-state index < -0.39 is 5.82 Å². The summed E-state index contributed by atoms with van der Waals surface area (Å²) in [7, 11) is 0. The van der Waals surface area contributed by atoms with Crippen LogP contribution in [0.1, 0.15) is 61.8 Å². The lowest BCUT2D eigenvalue weighted by Crippen LogP contribution is -2.39. The van der Waals surface area contributed by atoms with Crippen LogP contribution in [0.5, 0.6) is 0 Å². The van der Waals surface area contributed by atoms with E-state index in [-0.39, 0.29) is 28.5 Å². The Hall–Kier alpha value is -3.73. The molecule has 5 rings (SSSR count). The highest BCUT2D eigenvalue weighted by atomic mass is 19.1. The van der Waals surface area contributed by atoms with Crippen molar-refractivity contribution in [2.24, 2.45) is 10.9 Å². The molecule has 37 heavy (non-hydrogen) atoms. The van der Waals surface area contributed by atoms with Crippen LogP contribution in [0.2, 0.25) is 0 Å². The first-order valence-electron chi connectivity index (χ1n) is 12.9. The van der Waals surface area contributed by atoms with Gasteiger partial charge in [-0.25, -0.2) is 4.39 Å². The van der Waals surface area contributed by atoms with Crippen LogP contribution in [0, 0.1) is 18.7 Å². The van der Waals surface area contributed by atoms with E-state index in [2.05, 4.69) is 63.8 Å². The zero-order valence-corrected chi connectivity index (χ0v) is 22.1. The minimum absolute atomic E-state index is 0.0910. The number of fused-ring (bicyclic) bond motifs is 1. The highest BCUT2D eigenvalue weighted by Crippen LogP contribution is 2.38. The number of hydrogen-bond donors (Lipinski definition) is 0. The molecule has 1 atom stereocenters. The second kappa shape index (κ2) is 9.62.